The topological polar surface area (TPSA) is 72.5 Å². The maximum atomic E-state index is 13.0. The minimum Gasteiger partial charge on any atom is -0.466 e. The number of hydrogen-bond acceptors (Lipinski definition) is 4. The van der Waals surface area contributed by atoms with E-state index in [1.165, 1.54) is 49.6 Å². The average Bonchev–Trinajstić information content (AvgIpc) is 2.59. The molecule has 2 aromatic rings. The number of anilines is 1. The van der Waals surface area contributed by atoms with E-state index in [0.29, 0.717) is 5.56 Å². The van der Waals surface area contributed by atoms with Crippen molar-refractivity contribution >= 4 is 27.8 Å². The second-order valence-corrected chi connectivity index (χ2v) is 6.76. The molecular formula is C17H14F3NO4S. The zero-order chi connectivity index (χ0) is 19.4. The molecule has 0 aliphatic heterocycles. The van der Waals surface area contributed by atoms with E-state index >= 15 is 0 Å². The van der Waals surface area contributed by atoms with Gasteiger partial charge in [0.05, 0.1) is 23.3 Å². The van der Waals surface area contributed by atoms with Gasteiger partial charge in [0.15, 0.2) is 0 Å². The maximum absolute atomic E-state index is 13.0. The van der Waals surface area contributed by atoms with Crippen molar-refractivity contribution in [1.29, 1.82) is 0 Å². The molecule has 0 bridgehead atoms. The lowest BCUT2D eigenvalue weighted by Gasteiger charge is -2.14. The van der Waals surface area contributed by atoms with Gasteiger partial charge < -0.3 is 4.74 Å². The molecule has 0 aromatic heterocycles. The summed E-state index contributed by atoms with van der Waals surface area (Å²) in [4.78, 5) is 10.8. The molecule has 0 saturated carbocycles. The number of methoxy groups -OCH3 is 1. The van der Waals surface area contributed by atoms with Crippen LogP contribution in [-0.2, 0) is 25.7 Å². The van der Waals surface area contributed by atoms with Crippen molar-refractivity contribution in [1.82, 2.24) is 0 Å². The number of hydrogen-bond donors (Lipinski definition) is 1. The Hall–Kier alpha value is -2.81. The molecule has 0 saturated heterocycles. The molecule has 0 spiro atoms. The van der Waals surface area contributed by atoms with Gasteiger partial charge in [0.2, 0.25) is 0 Å². The first kappa shape index (κ1) is 19.5. The smallest absolute Gasteiger partial charge is 0.418 e. The summed E-state index contributed by atoms with van der Waals surface area (Å²) in [6.45, 7) is 0. The maximum Gasteiger partial charge on any atom is 0.418 e. The van der Waals surface area contributed by atoms with Crippen LogP contribution in [0.1, 0.15) is 11.1 Å². The highest BCUT2D eigenvalue weighted by atomic mass is 32.2. The third-order valence-corrected chi connectivity index (χ3v) is 4.66. The Labute approximate surface area is 148 Å². The van der Waals surface area contributed by atoms with Gasteiger partial charge in [-0.05, 0) is 35.9 Å². The van der Waals surface area contributed by atoms with Gasteiger partial charge in [-0.15, -0.1) is 0 Å². The van der Waals surface area contributed by atoms with Crippen molar-refractivity contribution in [2.24, 2.45) is 0 Å². The van der Waals surface area contributed by atoms with E-state index in [9.17, 15) is 26.4 Å². The van der Waals surface area contributed by atoms with Crippen LogP contribution in [0.5, 0.6) is 0 Å². The van der Waals surface area contributed by atoms with Crippen molar-refractivity contribution in [3.05, 3.63) is 65.7 Å². The molecule has 1 N–H and O–H groups in total. The lowest BCUT2D eigenvalue weighted by atomic mass is 10.2. The fourth-order valence-corrected chi connectivity index (χ4v) is 3.09. The molecule has 0 atom stereocenters. The minimum atomic E-state index is -4.69. The van der Waals surface area contributed by atoms with Crippen LogP contribution < -0.4 is 4.72 Å². The van der Waals surface area contributed by atoms with E-state index < -0.39 is 33.4 Å². The minimum absolute atomic E-state index is 0.218. The molecule has 26 heavy (non-hydrogen) atoms. The summed E-state index contributed by atoms with van der Waals surface area (Å²) in [5, 5.41) is 0. The molecule has 0 aliphatic carbocycles. The fourth-order valence-electron chi connectivity index (χ4n) is 2.01. The molecule has 2 aromatic carbocycles. The first-order valence-electron chi connectivity index (χ1n) is 7.18. The van der Waals surface area contributed by atoms with Crippen molar-refractivity contribution in [2.75, 3.05) is 11.8 Å². The quantitative estimate of drug-likeness (QED) is 0.629. The summed E-state index contributed by atoms with van der Waals surface area (Å²) >= 11 is 0. The second-order valence-electron chi connectivity index (χ2n) is 5.07. The Bertz CT molecular complexity index is 920. The summed E-state index contributed by atoms with van der Waals surface area (Å²) in [5.41, 5.74) is -1.12. The van der Waals surface area contributed by atoms with Crippen LogP contribution in [0.15, 0.2) is 59.5 Å². The Kier molecular flexibility index (Phi) is 5.71. The highest BCUT2D eigenvalue weighted by Crippen LogP contribution is 2.35. The first-order valence-corrected chi connectivity index (χ1v) is 8.67. The van der Waals surface area contributed by atoms with E-state index in [-0.39, 0.29) is 4.90 Å². The number of nitrogens with one attached hydrogen (secondary N) is 1. The highest BCUT2D eigenvalue weighted by molar-refractivity contribution is 7.92. The molecule has 0 unspecified atom stereocenters. The summed E-state index contributed by atoms with van der Waals surface area (Å²) in [6, 6.07) is 9.54. The third-order valence-electron chi connectivity index (χ3n) is 3.28. The average molecular weight is 385 g/mol. The molecular weight excluding hydrogens is 371 g/mol. The number of esters is 1. The van der Waals surface area contributed by atoms with Crippen LogP contribution in [0.25, 0.3) is 6.08 Å². The Morgan fingerprint density at radius 3 is 2.27 bits per heavy atom. The summed E-state index contributed by atoms with van der Waals surface area (Å²) < 4.78 is 70.0. The predicted octanol–water partition coefficient (Wildman–Crippen LogP) is 3.69. The molecule has 138 valence electrons. The van der Waals surface area contributed by atoms with E-state index in [0.717, 1.165) is 18.2 Å². The van der Waals surface area contributed by atoms with Crippen LogP contribution in [0, 0.1) is 0 Å². The zero-order valence-corrected chi connectivity index (χ0v) is 14.3. The number of carbonyl (C=O) groups is 1. The van der Waals surface area contributed by atoms with Crippen LogP contribution in [0.3, 0.4) is 0 Å². The van der Waals surface area contributed by atoms with E-state index in [1.54, 1.807) is 0 Å². The van der Waals surface area contributed by atoms with Crippen LogP contribution in [0.4, 0.5) is 18.9 Å². The van der Waals surface area contributed by atoms with Crippen LogP contribution in [-0.4, -0.2) is 21.5 Å². The monoisotopic (exact) mass is 385 g/mol. The fraction of sp³-hybridized carbons (Fsp3) is 0.118. The lowest BCUT2D eigenvalue weighted by molar-refractivity contribution is -0.137. The Balaban J connectivity index is 2.27. The van der Waals surface area contributed by atoms with Gasteiger partial charge in [0.25, 0.3) is 10.0 Å². The van der Waals surface area contributed by atoms with E-state index in [4.69, 9.17) is 0 Å². The number of carbonyl (C=O) groups excluding carboxylic acids is 1. The molecule has 2 rings (SSSR count). The van der Waals surface area contributed by atoms with Crippen molar-refractivity contribution in [3.8, 4) is 0 Å². The molecule has 5 nitrogen and oxygen atoms in total. The number of sulfonamides is 1. The molecule has 0 heterocycles. The number of rotatable bonds is 5. The largest absolute Gasteiger partial charge is 0.466 e. The Morgan fingerprint density at radius 2 is 1.69 bits per heavy atom. The molecule has 0 aliphatic rings. The number of benzene rings is 2. The standard InChI is InChI=1S/C17H14F3NO4S/c1-25-16(22)11-8-12-6-9-13(10-7-12)26(23,24)21-15-5-3-2-4-14(15)17(18,19)20/h2-11,21H,1H3/b11-8-. The van der Waals surface area contributed by atoms with Gasteiger partial charge in [0.1, 0.15) is 0 Å². The lowest BCUT2D eigenvalue weighted by Crippen LogP contribution is -2.17. The number of para-hydroxylation sites is 1. The van der Waals surface area contributed by atoms with Crippen molar-refractivity contribution in [2.45, 2.75) is 11.1 Å². The van der Waals surface area contributed by atoms with Gasteiger partial charge in [0, 0.05) is 6.08 Å². The first-order chi connectivity index (χ1) is 12.1. The van der Waals surface area contributed by atoms with Crippen molar-refractivity contribution in [3.63, 3.8) is 0 Å². The van der Waals surface area contributed by atoms with E-state index in [2.05, 4.69) is 4.74 Å². The number of ether oxygens (including phenoxy) is 1. The molecule has 0 radical (unpaired) electrons. The number of alkyl halides is 3. The summed E-state index contributed by atoms with van der Waals surface area (Å²) in [6.07, 6.45) is -2.13. The zero-order valence-electron chi connectivity index (χ0n) is 13.4. The van der Waals surface area contributed by atoms with Gasteiger partial charge in [-0.1, -0.05) is 24.3 Å². The van der Waals surface area contributed by atoms with Gasteiger partial charge in [-0.3, -0.25) is 4.72 Å². The van der Waals surface area contributed by atoms with Gasteiger partial charge in [-0.25, -0.2) is 13.2 Å². The highest BCUT2D eigenvalue weighted by Gasteiger charge is 2.34. The predicted molar refractivity (Wildman–Crippen MR) is 89.7 cm³/mol. The summed E-state index contributed by atoms with van der Waals surface area (Å²) in [7, 11) is -3.00. The normalized spacial score (nSPS) is 12.2. The molecule has 0 amide bonds. The van der Waals surface area contributed by atoms with E-state index in [1.807, 2.05) is 4.72 Å². The van der Waals surface area contributed by atoms with Gasteiger partial charge >= 0.3 is 12.1 Å². The third kappa shape index (κ3) is 4.85. The SMILES string of the molecule is COC(=O)/C=C\c1ccc(S(=O)(=O)Nc2ccccc2C(F)(F)F)cc1. The van der Waals surface area contributed by atoms with Crippen molar-refractivity contribution < 1.29 is 31.1 Å². The Morgan fingerprint density at radius 1 is 1.08 bits per heavy atom. The van der Waals surface area contributed by atoms with Gasteiger partial charge in [-0.2, -0.15) is 13.2 Å². The second kappa shape index (κ2) is 7.61. The number of halogens is 3. The summed E-state index contributed by atoms with van der Waals surface area (Å²) in [5.74, 6) is -0.577. The molecule has 9 heteroatoms. The van der Waals surface area contributed by atoms with Crippen LogP contribution in [0.2, 0.25) is 0 Å². The molecule has 0 fully saturated rings. The van der Waals surface area contributed by atoms with Crippen LogP contribution >= 0.6 is 0 Å².